The van der Waals surface area contributed by atoms with E-state index < -0.39 is 0 Å². The van der Waals surface area contributed by atoms with Crippen LogP contribution in [0.15, 0.2) is 47.5 Å². The van der Waals surface area contributed by atoms with Crippen LogP contribution in [0.5, 0.6) is 5.75 Å². The van der Waals surface area contributed by atoms with Crippen molar-refractivity contribution >= 4 is 17.9 Å². The van der Waals surface area contributed by atoms with Gasteiger partial charge in [0.15, 0.2) is 0 Å². The van der Waals surface area contributed by atoms with Crippen molar-refractivity contribution < 1.29 is 19.0 Å². The van der Waals surface area contributed by atoms with Crippen LogP contribution in [-0.2, 0) is 9.47 Å². The Morgan fingerprint density at radius 1 is 1.16 bits per heavy atom. The second kappa shape index (κ2) is 12.0. The lowest BCUT2D eigenvalue weighted by Gasteiger charge is -2.31. The molecule has 0 spiro atoms. The van der Waals surface area contributed by atoms with Gasteiger partial charge in [0, 0.05) is 36.4 Å². The van der Waals surface area contributed by atoms with Crippen LogP contribution in [0.3, 0.4) is 0 Å². The Balaban J connectivity index is 1.43. The van der Waals surface area contributed by atoms with Crippen LogP contribution >= 0.6 is 11.8 Å². The summed E-state index contributed by atoms with van der Waals surface area (Å²) in [6.07, 6.45) is 3.34. The van der Waals surface area contributed by atoms with E-state index in [1.807, 2.05) is 26.0 Å². The Kier molecular flexibility index (Phi) is 9.03. The summed E-state index contributed by atoms with van der Waals surface area (Å²) in [5, 5.41) is 0. The smallest absolute Gasteiger partial charge is 0.410 e. The Morgan fingerprint density at radius 3 is 2.52 bits per heavy atom. The fraction of sp³-hybridized carbons (Fsp3) is 0.500. The van der Waals surface area contributed by atoms with Crippen LogP contribution in [0.4, 0.5) is 4.79 Å². The first-order valence-electron chi connectivity index (χ1n) is 10.8. The van der Waals surface area contributed by atoms with Gasteiger partial charge in [0.2, 0.25) is 0 Å². The van der Waals surface area contributed by atoms with E-state index in [0.29, 0.717) is 12.5 Å². The van der Waals surface area contributed by atoms with E-state index in [9.17, 15) is 4.79 Å². The van der Waals surface area contributed by atoms with Gasteiger partial charge in [0.25, 0.3) is 0 Å². The predicted molar refractivity (Wildman–Crippen MR) is 124 cm³/mol. The second-order valence-electron chi connectivity index (χ2n) is 7.92. The molecule has 2 heterocycles. The molecule has 1 saturated heterocycles. The first kappa shape index (κ1) is 23.4. The molecule has 2 aromatic rings. The van der Waals surface area contributed by atoms with Gasteiger partial charge in [-0.2, -0.15) is 0 Å². The predicted octanol–water partition coefficient (Wildman–Crippen LogP) is 5.12. The molecule has 7 heteroatoms. The molecule has 0 radical (unpaired) electrons. The number of ether oxygens (including phenoxy) is 3. The van der Waals surface area contributed by atoms with Crippen LogP contribution in [0.25, 0.3) is 11.3 Å². The van der Waals surface area contributed by atoms with E-state index in [1.54, 1.807) is 30.0 Å². The van der Waals surface area contributed by atoms with E-state index >= 15 is 0 Å². The minimum absolute atomic E-state index is 0.0817. The monoisotopic (exact) mass is 444 g/mol. The molecule has 6 nitrogen and oxygen atoms in total. The minimum Gasteiger partial charge on any atom is -0.492 e. The number of piperidine rings is 1. The first-order chi connectivity index (χ1) is 15.0. The number of likely N-dealkylation sites (tertiary alicyclic amines) is 1. The fourth-order valence-electron chi connectivity index (χ4n) is 3.37. The standard InChI is InChI=1S/C24H32N2O4S/c1-18(2)30-24(27)26-12-10-19(11-13-26)17-29-21-6-9-23(25-16-21)20-4-7-22(8-5-20)31-15-14-28-3/h4-9,16,18-19H,10-15,17H2,1-3H3. The molecule has 1 aliphatic rings. The average Bonchev–Trinajstić information content (AvgIpc) is 2.79. The Labute approximate surface area is 189 Å². The topological polar surface area (TPSA) is 60.9 Å². The molecule has 31 heavy (non-hydrogen) atoms. The minimum atomic E-state index is -0.212. The van der Waals surface area contributed by atoms with Crippen LogP contribution in [0, 0.1) is 5.92 Å². The molecule has 0 N–H and O–H groups in total. The number of aromatic nitrogens is 1. The number of carbonyl (C=O) groups is 1. The number of methoxy groups -OCH3 is 1. The normalized spacial score (nSPS) is 14.6. The van der Waals surface area contributed by atoms with Gasteiger partial charge in [-0.15, -0.1) is 11.8 Å². The zero-order valence-corrected chi connectivity index (χ0v) is 19.4. The molecule has 0 atom stereocenters. The van der Waals surface area contributed by atoms with Crippen LogP contribution in [-0.4, -0.2) is 61.2 Å². The number of hydrogen-bond donors (Lipinski definition) is 0. The van der Waals surface area contributed by atoms with Crippen molar-refractivity contribution in [1.29, 1.82) is 0 Å². The molecule has 1 aromatic carbocycles. The summed E-state index contributed by atoms with van der Waals surface area (Å²) >= 11 is 1.78. The van der Waals surface area contributed by atoms with Crippen LogP contribution in [0.2, 0.25) is 0 Å². The highest BCUT2D eigenvalue weighted by molar-refractivity contribution is 7.99. The lowest BCUT2D eigenvalue weighted by Crippen LogP contribution is -2.40. The SMILES string of the molecule is COCCSc1ccc(-c2ccc(OCC3CCN(C(=O)OC(C)C)CC3)cn2)cc1. The highest BCUT2D eigenvalue weighted by Gasteiger charge is 2.24. The lowest BCUT2D eigenvalue weighted by molar-refractivity contribution is 0.0608. The van der Waals surface area contributed by atoms with Gasteiger partial charge in [-0.25, -0.2) is 4.79 Å². The summed E-state index contributed by atoms with van der Waals surface area (Å²) in [6.45, 7) is 6.57. The lowest BCUT2D eigenvalue weighted by atomic mass is 9.98. The molecule has 0 bridgehead atoms. The van der Waals surface area contributed by atoms with E-state index in [2.05, 4.69) is 29.2 Å². The largest absolute Gasteiger partial charge is 0.492 e. The second-order valence-corrected chi connectivity index (χ2v) is 9.09. The summed E-state index contributed by atoms with van der Waals surface area (Å²) in [5.74, 6) is 2.16. The van der Waals surface area contributed by atoms with Crippen molar-refractivity contribution in [2.24, 2.45) is 5.92 Å². The highest BCUT2D eigenvalue weighted by atomic mass is 32.2. The van der Waals surface area contributed by atoms with Crippen molar-refractivity contribution in [2.45, 2.75) is 37.7 Å². The number of pyridine rings is 1. The molecule has 1 fully saturated rings. The third kappa shape index (κ3) is 7.43. The maximum atomic E-state index is 12.0. The zero-order chi connectivity index (χ0) is 22.1. The molecular weight excluding hydrogens is 412 g/mol. The number of carbonyl (C=O) groups excluding carboxylic acids is 1. The van der Waals surface area contributed by atoms with E-state index in [-0.39, 0.29) is 12.2 Å². The van der Waals surface area contributed by atoms with E-state index in [1.165, 1.54) is 4.90 Å². The van der Waals surface area contributed by atoms with Gasteiger partial charge in [0.1, 0.15) is 5.75 Å². The maximum absolute atomic E-state index is 12.0. The summed E-state index contributed by atoms with van der Waals surface area (Å²) in [6, 6.07) is 12.4. The third-order valence-electron chi connectivity index (χ3n) is 5.14. The summed E-state index contributed by atoms with van der Waals surface area (Å²) in [5.41, 5.74) is 2.01. The van der Waals surface area contributed by atoms with Crippen molar-refractivity contribution in [3.63, 3.8) is 0 Å². The molecule has 3 rings (SSSR count). The summed E-state index contributed by atoms with van der Waals surface area (Å²) in [4.78, 5) is 19.6. The molecule has 1 aromatic heterocycles. The van der Waals surface area contributed by atoms with E-state index in [4.69, 9.17) is 14.2 Å². The number of thioether (sulfide) groups is 1. The van der Waals surface area contributed by atoms with Gasteiger partial charge in [-0.1, -0.05) is 12.1 Å². The van der Waals surface area contributed by atoms with Crippen molar-refractivity contribution in [3.05, 3.63) is 42.6 Å². The maximum Gasteiger partial charge on any atom is 0.410 e. The summed E-state index contributed by atoms with van der Waals surface area (Å²) < 4.78 is 16.3. The number of nitrogens with zero attached hydrogens (tertiary/aromatic N) is 2. The third-order valence-corrected chi connectivity index (χ3v) is 6.11. The van der Waals surface area contributed by atoms with Gasteiger partial charge in [-0.3, -0.25) is 4.98 Å². The quantitative estimate of drug-likeness (QED) is 0.395. The van der Waals surface area contributed by atoms with Crippen molar-refractivity contribution in [2.75, 3.05) is 39.2 Å². The van der Waals surface area contributed by atoms with Gasteiger partial charge >= 0.3 is 6.09 Å². The fourth-order valence-corrected chi connectivity index (χ4v) is 4.19. The van der Waals surface area contributed by atoms with Gasteiger partial charge in [0.05, 0.1) is 31.2 Å². The first-order valence-corrected chi connectivity index (χ1v) is 11.8. The van der Waals surface area contributed by atoms with Gasteiger partial charge in [-0.05, 0) is 56.9 Å². The van der Waals surface area contributed by atoms with Crippen LogP contribution in [0.1, 0.15) is 26.7 Å². The summed E-state index contributed by atoms with van der Waals surface area (Å²) in [7, 11) is 1.72. The number of hydrogen-bond acceptors (Lipinski definition) is 6. The Bertz CT molecular complexity index is 803. The number of amides is 1. The van der Waals surface area contributed by atoms with Gasteiger partial charge < -0.3 is 19.1 Å². The molecule has 0 aliphatic carbocycles. The molecular formula is C24H32N2O4S. The van der Waals surface area contributed by atoms with E-state index in [0.717, 1.165) is 55.3 Å². The molecule has 0 saturated carbocycles. The van der Waals surface area contributed by atoms with Crippen LogP contribution < -0.4 is 4.74 Å². The molecule has 1 aliphatic heterocycles. The zero-order valence-electron chi connectivity index (χ0n) is 18.6. The number of benzene rings is 1. The Morgan fingerprint density at radius 2 is 1.90 bits per heavy atom. The van der Waals surface area contributed by atoms with Crippen molar-refractivity contribution in [1.82, 2.24) is 9.88 Å². The molecule has 1 amide bonds. The molecule has 0 unspecified atom stereocenters. The average molecular weight is 445 g/mol. The number of rotatable bonds is 9. The Hall–Kier alpha value is -2.25. The molecule has 168 valence electrons. The van der Waals surface area contributed by atoms with Crippen molar-refractivity contribution in [3.8, 4) is 17.0 Å². The highest BCUT2D eigenvalue weighted by Crippen LogP contribution is 2.25.